The Labute approximate surface area is 131 Å². The van der Waals surface area contributed by atoms with E-state index in [0.29, 0.717) is 12.3 Å². The molecule has 0 aromatic rings. The molecule has 2 aliphatic heterocycles. The van der Waals surface area contributed by atoms with Crippen molar-refractivity contribution in [2.75, 3.05) is 32.7 Å². The van der Waals surface area contributed by atoms with Crippen molar-refractivity contribution in [1.82, 2.24) is 10.2 Å². The van der Waals surface area contributed by atoms with Gasteiger partial charge >= 0.3 is 0 Å². The second kappa shape index (κ2) is 7.63. The van der Waals surface area contributed by atoms with Gasteiger partial charge in [-0.1, -0.05) is 23.8 Å². The molecule has 1 saturated heterocycles. The molecular weight excluding hydrogens is 280 g/mol. The quantitative estimate of drug-likeness (QED) is 0.809. The van der Waals surface area contributed by atoms with E-state index in [4.69, 9.17) is 9.47 Å². The molecule has 22 heavy (non-hydrogen) atoms. The summed E-state index contributed by atoms with van der Waals surface area (Å²) >= 11 is 0. The van der Waals surface area contributed by atoms with Crippen LogP contribution < -0.4 is 5.32 Å². The molecule has 5 heteroatoms. The summed E-state index contributed by atoms with van der Waals surface area (Å²) in [6, 6.07) is 0. The van der Waals surface area contributed by atoms with E-state index in [0.717, 1.165) is 51.2 Å². The topological polar surface area (TPSA) is 54.0 Å². The molecule has 1 atom stereocenters. The first-order valence-electron chi connectivity index (χ1n) is 7.99. The molecule has 2 heterocycles. The lowest BCUT2D eigenvalue weighted by molar-refractivity contribution is 0.0710. The number of hydrogen-bond acceptors (Lipinski definition) is 5. The molecular formula is C17H24N2O3. The molecule has 120 valence electrons. The number of aliphatic hydroxyl groups is 1. The predicted octanol–water partition coefficient (Wildman–Crippen LogP) is 1.65. The Balaban J connectivity index is 1.51. The smallest absolute Gasteiger partial charge is 0.168 e. The minimum atomic E-state index is -0.651. The third-order valence-electron chi connectivity index (χ3n) is 4.10. The number of nitrogens with one attached hydrogen (secondary N) is 1. The number of piperazine rings is 1. The monoisotopic (exact) mass is 304 g/mol. The van der Waals surface area contributed by atoms with Gasteiger partial charge in [0, 0.05) is 39.1 Å². The van der Waals surface area contributed by atoms with Crippen LogP contribution in [0.15, 0.2) is 47.8 Å². The molecule has 2 N–H and O–H groups in total. The molecule has 1 fully saturated rings. The van der Waals surface area contributed by atoms with Crippen LogP contribution in [0.2, 0.25) is 0 Å². The maximum absolute atomic E-state index is 10.4. The van der Waals surface area contributed by atoms with E-state index in [1.165, 1.54) is 11.8 Å². The van der Waals surface area contributed by atoms with Gasteiger partial charge in [0.15, 0.2) is 5.76 Å². The number of rotatable bonds is 5. The maximum atomic E-state index is 10.4. The van der Waals surface area contributed by atoms with Gasteiger partial charge < -0.3 is 19.9 Å². The average Bonchev–Trinajstić information content (AvgIpc) is 2.57. The Morgan fingerprint density at radius 1 is 1.27 bits per heavy atom. The van der Waals surface area contributed by atoms with Crippen molar-refractivity contribution in [3.8, 4) is 0 Å². The summed E-state index contributed by atoms with van der Waals surface area (Å²) in [5.74, 6) is 1.27. The Kier molecular flexibility index (Phi) is 5.32. The standard InChI is InChI=1S/C17H24N2O3/c20-16(11-19-8-6-18-7-9-19)17-13-21-12-15(22-17)10-14-4-2-1-3-5-14/h1-2,4,12-13,16,18,20H,3,5-11H2. The molecule has 0 aromatic heterocycles. The fourth-order valence-electron chi connectivity index (χ4n) is 2.85. The van der Waals surface area contributed by atoms with Crippen molar-refractivity contribution >= 4 is 0 Å². The molecule has 1 aliphatic carbocycles. The van der Waals surface area contributed by atoms with Crippen molar-refractivity contribution in [3.05, 3.63) is 47.8 Å². The van der Waals surface area contributed by atoms with Crippen LogP contribution in [0.1, 0.15) is 19.3 Å². The van der Waals surface area contributed by atoms with E-state index in [1.54, 1.807) is 6.26 Å². The summed E-state index contributed by atoms with van der Waals surface area (Å²) in [7, 11) is 0. The van der Waals surface area contributed by atoms with Gasteiger partial charge in [-0.05, 0) is 12.8 Å². The third kappa shape index (κ3) is 4.22. The van der Waals surface area contributed by atoms with Crippen molar-refractivity contribution < 1.29 is 14.6 Å². The van der Waals surface area contributed by atoms with Crippen molar-refractivity contribution in [3.63, 3.8) is 0 Å². The van der Waals surface area contributed by atoms with Crippen LogP contribution in [0.4, 0.5) is 0 Å². The van der Waals surface area contributed by atoms with Crippen LogP contribution in [-0.4, -0.2) is 48.8 Å². The first kappa shape index (κ1) is 15.3. The Bertz CT molecular complexity index is 502. The van der Waals surface area contributed by atoms with Crippen LogP contribution in [0.3, 0.4) is 0 Å². The maximum Gasteiger partial charge on any atom is 0.168 e. The first-order valence-corrected chi connectivity index (χ1v) is 7.99. The molecule has 3 aliphatic rings. The van der Waals surface area contributed by atoms with Crippen LogP contribution in [0.5, 0.6) is 0 Å². The molecule has 0 bridgehead atoms. The van der Waals surface area contributed by atoms with Crippen molar-refractivity contribution in [1.29, 1.82) is 0 Å². The lowest BCUT2D eigenvalue weighted by atomic mass is 10.0. The van der Waals surface area contributed by atoms with E-state index in [2.05, 4.69) is 28.4 Å². The highest BCUT2D eigenvalue weighted by atomic mass is 16.6. The van der Waals surface area contributed by atoms with Gasteiger partial charge in [0.25, 0.3) is 0 Å². The summed E-state index contributed by atoms with van der Waals surface area (Å²) < 4.78 is 11.2. The van der Waals surface area contributed by atoms with Gasteiger partial charge in [0.2, 0.25) is 0 Å². The van der Waals surface area contributed by atoms with Gasteiger partial charge in [-0.2, -0.15) is 0 Å². The van der Waals surface area contributed by atoms with E-state index in [1.807, 2.05) is 0 Å². The first-order chi connectivity index (χ1) is 10.8. The highest BCUT2D eigenvalue weighted by Crippen LogP contribution is 2.25. The number of aliphatic hydroxyl groups excluding tert-OH is 1. The van der Waals surface area contributed by atoms with Gasteiger partial charge in [0.05, 0.1) is 0 Å². The van der Waals surface area contributed by atoms with E-state index in [9.17, 15) is 5.11 Å². The normalized spacial score (nSPS) is 23.8. The van der Waals surface area contributed by atoms with Crippen LogP contribution >= 0.6 is 0 Å². The zero-order valence-electron chi connectivity index (χ0n) is 12.8. The zero-order valence-corrected chi connectivity index (χ0v) is 12.8. The van der Waals surface area contributed by atoms with E-state index >= 15 is 0 Å². The molecule has 0 aromatic carbocycles. The number of nitrogens with zero attached hydrogens (tertiary/aromatic N) is 1. The Morgan fingerprint density at radius 2 is 2.14 bits per heavy atom. The fourth-order valence-corrected chi connectivity index (χ4v) is 2.85. The van der Waals surface area contributed by atoms with Crippen LogP contribution in [-0.2, 0) is 9.47 Å². The number of hydrogen-bond donors (Lipinski definition) is 2. The van der Waals surface area contributed by atoms with E-state index in [-0.39, 0.29) is 0 Å². The molecule has 0 saturated carbocycles. The van der Waals surface area contributed by atoms with E-state index < -0.39 is 6.10 Å². The second-order valence-corrected chi connectivity index (χ2v) is 5.88. The summed E-state index contributed by atoms with van der Waals surface area (Å²) in [4.78, 5) is 2.23. The van der Waals surface area contributed by atoms with Gasteiger partial charge in [0.1, 0.15) is 24.4 Å². The Hall–Kier alpha value is -1.56. The molecule has 0 amide bonds. The average molecular weight is 304 g/mol. The van der Waals surface area contributed by atoms with Crippen LogP contribution in [0, 0.1) is 0 Å². The number of ether oxygens (including phenoxy) is 2. The summed E-state index contributed by atoms with van der Waals surface area (Å²) in [5.41, 5.74) is 1.33. The minimum Gasteiger partial charge on any atom is -0.465 e. The molecule has 0 spiro atoms. The predicted molar refractivity (Wildman–Crippen MR) is 84.7 cm³/mol. The zero-order chi connectivity index (χ0) is 15.2. The van der Waals surface area contributed by atoms with Gasteiger partial charge in [-0.3, -0.25) is 4.90 Å². The van der Waals surface area contributed by atoms with Gasteiger partial charge in [-0.15, -0.1) is 0 Å². The lowest BCUT2D eigenvalue weighted by Gasteiger charge is -2.30. The molecule has 5 nitrogen and oxygen atoms in total. The highest BCUT2D eigenvalue weighted by molar-refractivity contribution is 5.22. The lowest BCUT2D eigenvalue weighted by Crippen LogP contribution is -2.46. The summed E-state index contributed by atoms with van der Waals surface area (Å²) in [5, 5.41) is 13.7. The SMILES string of the molecule is OC(CN1CCNCC1)C1=COC=C(CC2=CC=CCC2)O1. The third-order valence-corrected chi connectivity index (χ3v) is 4.10. The highest BCUT2D eigenvalue weighted by Gasteiger charge is 2.22. The number of β-amino-alcohol motifs (C(OH)–C–C–N with tert-alkyl or cyclic N) is 1. The fraction of sp³-hybridized carbons (Fsp3) is 0.529. The van der Waals surface area contributed by atoms with Crippen molar-refractivity contribution in [2.45, 2.75) is 25.4 Å². The summed E-state index contributed by atoms with van der Waals surface area (Å²) in [6.07, 6.45) is 11.7. The second-order valence-electron chi connectivity index (χ2n) is 5.88. The van der Waals surface area contributed by atoms with Gasteiger partial charge in [-0.25, -0.2) is 0 Å². The molecule has 3 rings (SSSR count). The molecule has 1 unspecified atom stereocenters. The minimum absolute atomic E-state index is 0.503. The van der Waals surface area contributed by atoms with Crippen LogP contribution in [0.25, 0.3) is 0 Å². The molecule has 0 radical (unpaired) electrons. The van der Waals surface area contributed by atoms with Crippen molar-refractivity contribution in [2.24, 2.45) is 0 Å². The largest absolute Gasteiger partial charge is 0.465 e. The Morgan fingerprint density at radius 3 is 2.91 bits per heavy atom. The number of allylic oxidation sites excluding steroid dienone is 4. The summed E-state index contributed by atoms with van der Waals surface area (Å²) in [6.45, 7) is 4.42.